The van der Waals surface area contributed by atoms with Crippen LogP contribution in [0.3, 0.4) is 0 Å². The number of likely N-dealkylation sites (tertiary alicyclic amines) is 1. The molecule has 3 rings (SSSR count). The van der Waals surface area contributed by atoms with E-state index in [1.165, 1.54) is 6.07 Å². The van der Waals surface area contributed by atoms with Crippen molar-refractivity contribution in [2.75, 3.05) is 13.7 Å². The highest BCUT2D eigenvalue weighted by Gasteiger charge is 2.31. The molecule has 0 aliphatic carbocycles. The van der Waals surface area contributed by atoms with Crippen LogP contribution in [0.4, 0.5) is 5.69 Å². The van der Waals surface area contributed by atoms with Gasteiger partial charge >= 0.3 is 0 Å². The maximum atomic E-state index is 12.9. The summed E-state index contributed by atoms with van der Waals surface area (Å²) in [6, 6.07) is 12.3. The van der Waals surface area contributed by atoms with Crippen molar-refractivity contribution >= 4 is 11.6 Å². The number of carbonyl (C=O) groups is 1. The van der Waals surface area contributed by atoms with E-state index in [4.69, 9.17) is 4.74 Å². The number of benzene rings is 2. The Kier molecular flexibility index (Phi) is 4.70. The fourth-order valence-corrected chi connectivity index (χ4v) is 3.29. The summed E-state index contributed by atoms with van der Waals surface area (Å²) in [7, 11) is 1.62. The fourth-order valence-electron chi connectivity index (χ4n) is 3.29. The molecule has 0 spiro atoms. The van der Waals surface area contributed by atoms with Gasteiger partial charge in [0.05, 0.1) is 18.1 Å². The Morgan fingerprint density at radius 1 is 1.24 bits per heavy atom. The fraction of sp³-hybridized carbons (Fsp3) is 0.316. The number of hydrogen-bond acceptors (Lipinski definition) is 4. The van der Waals surface area contributed by atoms with E-state index in [0.717, 1.165) is 24.2 Å². The van der Waals surface area contributed by atoms with Crippen LogP contribution >= 0.6 is 0 Å². The van der Waals surface area contributed by atoms with Gasteiger partial charge < -0.3 is 9.64 Å². The zero-order valence-corrected chi connectivity index (χ0v) is 14.3. The molecule has 130 valence electrons. The SMILES string of the molecule is COc1ccc(C2CCCN2C(=O)c2ccc(C)c([N+](=O)[O-])c2)cc1. The minimum atomic E-state index is -0.447. The lowest BCUT2D eigenvalue weighted by Crippen LogP contribution is -2.30. The van der Waals surface area contributed by atoms with Crippen molar-refractivity contribution in [2.45, 2.75) is 25.8 Å². The summed E-state index contributed by atoms with van der Waals surface area (Å²) in [6.07, 6.45) is 1.79. The highest BCUT2D eigenvalue weighted by molar-refractivity contribution is 5.95. The van der Waals surface area contributed by atoms with Crippen LogP contribution in [-0.2, 0) is 0 Å². The predicted octanol–water partition coefficient (Wildman–Crippen LogP) is 3.89. The third-order valence-corrected chi connectivity index (χ3v) is 4.67. The van der Waals surface area contributed by atoms with Gasteiger partial charge in [-0.25, -0.2) is 0 Å². The van der Waals surface area contributed by atoms with Crippen LogP contribution in [0.5, 0.6) is 5.75 Å². The number of rotatable bonds is 4. The molecule has 0 bridgehead atoms. The Morgan fingerprint density at radius 3 is 2.60 bits per heavy atom. The lowest BCUT2D eigenvalue weighted by atomic mass is 10.0. The Balaban J connectivity index is 1.87. The smallest absolute Gasteiger partial charge is 0.273 e. The molecule has 0 radical (unpaired) electrons. The number of ether oxygens (including phenoxy) is 1. The van der Waals surface area contributed by atoms with Crippen molar-refractivity contribution in [2.24, 2.45) is 0 Å². The molecule has 1 heterocycles. The first-order chi connectivity index (χ1) is 12.0. The highest BCUT2D eigenvalue weighted by Crippen LogP contribution is 2.34. The summed E-state index contributed by atoms with van der Waals surface area (Å²) in [5.74, 6) is 0.607. The molecule has 2 aromatic carbocycles. The van der Waals surface area contributed by atoms with Crippen LogP contribution in [-0.4, -0.2) is 29.4 Å². The number of nitrogens with zero attached hydrogens (tertiary/aromatic N) is 2. The van der Waals surface area contributed by atoms with Crippen LogP contribution in [0, 0.1) is 17.0 Å². The number of aryl methyl sites for hydroxylation is 1. The monoisotopic (exact) mass is 340 g/mol. The molecule has 0 N–H and O–H groups in total. The number of nitro groups is 1. The van der Waals surface area contributed by atoms with E-state index in [9.17, 15) is 14.9 Å². The minimum Gasteiger partial charge on any atom is -0.497 e. The average Bonchev–Trinajstić information content (AvgIpc) is 3.11. The third kappa shape index (κ3) is 3.33. The maximum absolute atomic E-state index is 12.9. The van der Waals surface area contributed by atoms with Gasteiger partial charge in [-0.1, -0.05) is 18.2 Å². The van der Waals surface area contributed by atoms with E-state index in [0.29, 0.717) is 17.7 Å². The number of carbonyl (C=O) groups excluding carboxylic acids is 1. The van der Waals surface area contributed by atoms with Crippen molar-refractivity contribution < 1.29 is 14.5 Å². The first-order valence-electron chi connectivity index (χ1n) is 8.21. The summed E-state index contributed by atoms with van der Waals surface area (Å²) in [4.78, 5) is 25.4. The molecule has 1 saturated heterocycles. The largest absolute Gasteiger partial charge is 0.497 e. The van der Waals surface area contributed by atoms with Crippen LogP contribution < -0.4 is 4.74 Å². The van der Waals surface area contributed by atoms with E-state index < -0.39 is 4.92 Å². The normalized spacial score (nSPS) is 16.7. The molecule has 1 aliphatic heterocycles. The van der Waals surface area contributed by atoms with Gasteiger partial charge in [-0.3, -0.25) is 14.9 Å². The molecule has 6 heteroatoms. The standard InChI is InChI=1S/C19H20N2O4/c1-13-5-6-15(12-18(13)21(23)24)19(22)20-11-3-4-17(20)14-7-9-16(25-2)10-8-14/h5-10,12,17H,3-4,11H2,1-2H3. The lowest BCUT2D eigenvalue weighted by molar-refractivity contribution is -0.385. The second kappa shape index (κ2) is 6.93. The maximum Gasteiger partial charge on any atom is 0.273 e. The highest BCUT2D eigenvalue weighted by atomic mass is 16.6. The van der Waals surface area contributed by atoms with Crippen LogP contribution in [0.1, 0.15) is 40.4 Å². The van der Waals surface area contributed by atoms with Crippen LogP contribution in [0.25, 0.3) is 0 Å². The number of hydrogen-bond donors (Lipinski definition) is 0. The molecular weight excluding hydrogens is 320 g/mol. The number of nitro benzene ring substituents is 1. The Labute approximate surface area is 146 Å². The van der Waals surface area contributed by atoms with E-state index in [1.54, 1.807) is 31.1 Å². The minimum absolute atomic E-state index is 0.0150. The van der Waals surface area contributed by atoms with Gasteiger partial charge in [-0.2, -0.15) is 0 Å². The molecule has 1 fully saturated rings. The van der Waals surface area contributed by atoms with E-state index in [1.807, 2.05) is 24.3 Å². The Hall–Kier alpha value is -2.89. The van der Waals surface area contributed by atoms with Gasteiger partial charge in [0.25, 0.3) is 11.6 Å². The summed E-state index contributed by atoms with van der Waals surface area (Å²) < 4.78 is 5.18. The summed E-state index contributed by atoms with van der Waals surface area (Å²) in [5.41, 5.74) is 1.94. The van der Waals surface area contributed by atoms with Crippen molar-refractivity contribution in [1.29, 1.82) is 0 Å². The Bertz CT molecular complexity index is 802. The van der Waals surface area contributed by atoms with Gasteiger partial charge in [0.2, 0.25) is 0 Å². The van der Waals surface area contributed by atoms with Crippen molar-refractivity contribution in [1.82, 2.24) is 4.90 Å². The molecule has 2 aromatic rings. The second-order valence-electron chi connectivity index (χ2n) is 6.19. The van der Waals surface area contributed by atoms with Crippen molar-refractivity contribution in [3.8, 4) is 5.75 Å². The van der Waals surface area contributed by atoms with Gasteiger partial charge in [0.1, 0.15) is 5.75 Å². The summed E-state index contributed by atoms with van der Waals surface area (Å²) >= 11 is 0. The van der Waals surface area contributed by atoms with Gasteiger partial charge in [-0.15, -0.1) is 0 Å². The molecule has 1 unspecified atom stereocenters. The van der Waals surface area contributed by atoms with Crippen molar-refractivity contribution in [3.05, 3.63) is 69.3 Å². The molecule has 1 amide bonds. The molecule has 0 aromatic heterocycles. The quantitative estimate of drug-likeness (QED) is 0.625. The van der Waals surface area contributed by atoms with Crippen LogP contribution in [0.2, 0.25) is 0 Å². The second-order valence-corrected chi connectivity index (χ2v) is 6.19. The van der Waals surface area contributed by atoms with E-state index >= 15 is 0 Å². The summed E-state index contributed by atoms with van der Waals surface area (Å²) in [6.45, 7) is 2.32. The topological polar surface area (TPSA) is 72.7 Å². The molecule has 1 atom stereocenters. The zero-order valence-electron chi connectivity index (χ0n) is 14.3. The van der Waals surface area contributed by atoms with E-state index in [2.05, 4.69) is 0 Å². The molecule has 0 saturated carbocycles. The van der Waals surface area contributed by atoms with E-state index in [-0.39, 0.29) is 17.6 Å². The number of amides is 1. The molecular formula is C19H20N2O4. The predicted molar refractivity (Wildman–Crippen MR) is 93.8 cm³/mol. The van der Waals surface area contributed by atoms with Gasteiger partial charge in [0.15, 0.2) is 0 Å². The average molecular weight is 340 g/mol. The molecule has 1 aliphatic rings. The lowest BCUT2D eigenvalue weighted by Gasteiger charge is -2.25. The molecule has 25 heavy (non-hydrogen) atoms. The van der Waals surface area contributed by atoms with Crippen LogP contribution in [0.15, 0.2) is 42.5 Å². The third-order valence-electron chi connectivity index (χ3n) is 4.67. The van der Waals surface area contributed by atoms with Gasteiger partial charge in [-0.05, 0) is 43.5 Å². The zero-order chi connectivity index (χ0) is 18.0. The first-order valence-corrected chi connectivity index (χ1v) is 8.21. The van der Waals surface area contributed by atoms with Crippen molar-refractivity contribution in [3.63, 3.8) is 0 Å². The molecule has 6 nitrogen and oxygen atoms in total. The first kappa shape index (κ1) is 17.0. The summed E-state index contributed by atoms with van der Waals surface area (Å²) in [5, 5.41) is 11.1. The van der Waals surface area contributed by atoms with Gasteiger partial charge in [0, 0.05) is 23.7 Å². The number of methoxy groups -OCH3 is 1. The Morgan fingerprint density at radius 2 is 1.96 bits per heavy atom.